The van der Waals surface area contributed by atoms with E-state index in [4.69, 9.17) is 0 Å². The van der Waals surface area contributed by atoms with Gasteiger partial charge in [0, 0.05) is 5.92 Å². The Labute approximate surface area is 211 Å². The molecule has 5 aliphatic rings. The molecule has 0 spiro atoms. The molecule has 0 amide bonds. The van der Waals surface area contributed by atoms with Gasteiger partial charge in [0.25, 0.3) is 0 Å². The fraction of sp³-hybridized carbons (Fsp3) is 0.900. The number of hydrogen-bond donors (Lipinski definition) is 4. The van der Waals surface area contributed by atoms with E-state index in [0.29, 0.717) is 31.1 Å². The van der Waals surface area contributed by atoms with Gasteiger partial charge in [-0.15, -0.1) is 0 Å². The van der Waals surface area contributed by atoms with Crippen LogP contribution in [0, 0.1) is 50.2 Å². The molecule has 0 saturated heterocycles. The monoisotopic (exact) mass is 488 g/mol. The van der Waals surface area contributed by atoms with Gasteiger partial charge >= 0.3 is 5.97 Å². The number of carbonyl (C=O) groups is 1. The molecule has 5 heteroatoms. The van der Waals surface area contributed by atoms with Crippen LogP contribution in [-0.4, -0.2) is 44.7 Å². The van der Waals surface area contributed by atoms with E-state index in [1.807, 2.05) is 0 Å². The zero-order chi connectivity index (χ0) is 26.0. The molecular weight excluding hydrogens is 440 g/mol. The Morgan fingerprint density at radius 1 is 0.857 bits per heavy atom. The Hall–Kier alpha value is -0.910. The summed E-state index contributed by atoms with van der Waals surface area (Å²) in [6.45, 7) is 15.6. The van der Waals surface area contributed by atoms with Gasteiger partial charge in [-0.05, 0) is 90.3 Å². The van der Waals surface area contributed by atoms with Gasteiger partial charge in [0.15, 0.2) is 0 Å². The molecular formula is C30H48O5. The van der Waals surface area contributed by atoms with Crippen LogP contribution in [0.4, 0.5) is 0 Å². The lowest BCUT2D eigenvalue weighted by molar-refractivity contribution is -0.234. The van der Waals surface area contributed by atoms with Crippen molar-refractivity contribution in [2.24, 2.45) is 50.2 Å². The largest absolute Gasteiger partial charge is 0.481 e. The van der Waals surface area contributed by atoms with E-state index < -0.39 is 29.7 Å². The highest BCUT2D eigenvalue weighted by molar-refractivity contribution is 5.77. The second-order valence-electron chi connectivity index (χ2n) is 15.2. The molecule has 0 aromatic carbocycles. The van der Waals surface area contributed by atoms with Crippen molar-refractivity contribution in [3.05, 3.63) is 11.6 Å². The molecule has 5 aliphatic carbocycles. The standard InChI is InChI=1S/C30H48O5/c1-25(2)12-14-30(24(34)35)15-13-28(6)17(21(30)23(25)33)8-9-20-27(5)16-18(31)22(32)26(3,4)19(27)10-11-29(20,28)7/h8,18-23,31-33H,9-16H2,1-7H3,(H,34,35)/t18-,19?,20-,21+,22+,23+,27+,28-,29-,30+/m1/s1. The number of aliphatic carboxylic acids is 1. The average Bonchev–Trinajstić information content (AvgIpc) is 2.75. The molecule has 0 radical (unpaired) electrons. The van der Waals surface area contributed by atoms with Gasteiger partial charge in [-0.25, -0.2) is 0 Å². The maximum atomic E-state index is 12.8. The molecule has 5 nitrogen and oxygen atoms in total. The van der Waals surface area contributed by atoms with Crippen molar-refractivity contribution in [3.8, 4) is 0 Å². The molecule has 5 rings (SSSR count). The molecule has 0 bridgehead atoms. The maximum absolute atomic E-state index is 12.8. The Morgan fingerprint density at radius 3 is 2.11 bits per heavy atom. The lowest BCUT2D eigenvalue weighted by Gasteiger charge is -2.71. The molecule has 4 saturated carbocycles. The molecule has 0 heterocycles. The van der Waals surface area contributed by atoms with Gasteiger partial charge < -0.3 is 20.4 Å². The van der Waals surface area contributed by atoms with Crippen molar-refractivity contribution in [1.82, 2.24) is 0 Å². The van der Waals surface area contributed by atoms with Crippen LogP contribution < -0.4 is 0 Å². The van der Waals surface area contributed by atoms with Crippen LogP contribution >= 0.6 is 0 Å². The Kier molecular flexibility index (Phi) is 5.40. The minimum Gasteiger partial charge on any atom is -0.481 e. The number of aliphatic hydroxyl groups excluding tert-OH is 3. The summed E-state index contributed by atoms with van der Waals surface area (Å²) in [7, 11) is 0. The molecule has 10 atom stereocenters. The molecule has 4 fully saturated rings. The predicted octanol–water partition coefficient (Wildman–Crippen LogP) is 5.18. The number of aliphatic hydroxyl groups is 3. The number of carboxylic acids is 1. The Morgan fingerprint density at radius 2 is 1.49 bits per heavy atom. The highest BCUT2D eigenvalue weighted by Gasteiger charge is 2.71. The molecule has 35 heavy (non-hydrogen) atoms. The highest BCUT2D eigenvalue weighted by Crippen LogP contribution is 2.75. The zero-order valence-corrected chi connectivity index (χ0v) is 22.9. The summed E-state index contributed by atoms with van der Waals surface area (Å²) in [4.78, 5) is 12.8. The summed E-state index contributed by atoms with van der Waals surface area (Å²) in [6, 6.07) is 0. The van der Waals surface area contributed by atoms with Crippen molar-refractivity contribution in [2.45, 2.75) is 118 Å². The predicted molar refractivity (Wildman–Crippen MR) is 135 cm³/mol. The first-order valence-corrected chi connectivity index (χ1v) is 14.0. The Balaban J connectivity index is 1.63. The number of fused-ring (bicyclic) bond motifs is 7. The first-order chi connectivity index (χ1) is 16.0. The maximum Gasteiger partial charge on any atom is 0.310 e. The summed E-state index contributed by atoms with van der Waals surface area (Å²) in [5.74, 6) is -0.420. The second kappa shape index (κ2) is 7.35. The van der Waals surface area contributed by atoms with Gasteiger partial charge in [0.1, 0.15) is 0 Å². The van der Waals surface area contributed by atoms with Crippen LogP contribution in [0.3, 0.4) is 0 Å². The summed E-state index contributed by atoms with van der Waals surface area (Å²) >= 11 is 0. The summed E-state index contributed by atoms with van der Waals surface area (Å²) in [5, 5.41) is 44.1. The van der Waals surface area contributed by atoms with Gasteiger partial charge in [-0.2, -0.15) is 0 Å². The van der Waals surface area contributed by atoms with E-state index in [1.165, 1.54) is 5.57 Å². The van der Waals surface area contributed by atoms with Crippen molar-refractivity contribution < 1.29 is 25.2 Å². The normalized spacial score (nSPS) is 54.4. The van der Waals surface area contributed by atoms with Crippen LogP contribution in [0.1, 0.15) is 99.8 Å². The van der Waals surface area contributed by atoms with Crippen molar-refractivity contribution in [3.63, 3.8) is 0 Å². The third-order valence-electron chi connectivity index (χ3n) is 13.2. The van der Waals surface area contributed by atoms with E-state index in [0.717, 1.165) is 32.1 Å². The van der Waals surface area contributed by atoms with E-state index in [-0.39, 0.29) is 33.0 Å². The fourth-order valence-electron chi connectivity index (χ4n) is 10.7. The van der Waals surface area contributed by atoms with Crippen molar-refractivity contribution in [2.75, 3.05) is 0 Å². The number of rotatable bonds is 1. The van der Waals surface area contributed by atoms with Crippen molar-refractivity contribution >= 4 is 5.97 Å². The topological polar surface area (TPSA) is 98.0 Å². The highest BCUT2D eigenvalue weighted by atomic mass is 16.4. The molecule has 0 aliphatic heterocycles. The van der Waals surface area contributed by atoms with E-state index in [2.05, 4.69) is 54.5 Å². The Bertz CT molecular complexity index is 952. The quantitative estimate of drug-likeness (QED) is 0.382. The smallest absolute Gasteiger partial charge is 0.310 e. The van der Waals surface area contributed by atoms with Crippen LogP contribution in [0.15, 0.2) is 11.6 Å². The third kappa shape index (κ3) is 2.95. The van der Waals surface area contributed by atoms with Crippen LogP contribution in [0.5, 0.6) is 0 Å². The van der Waals surface area contributed by atoms with Crippen LogP contribution in [0.25, 0.3) is 0 Å². The zero-order valence-electron chi connectivity index (χ0n) is 22.9. The SMILES string of the molecule is CC1(C)CC[C@]2(C(=O)O)CC[C@]3(C)C(=CC[C@@H]4[C@@]5(C)C[C@@H](O)[C@H](O)C(C)(C)C5CC[C@]43C)[C@H]2[C@@H]1O. The first-order valence-electron chi connectivity index (χ1n) is 14.0. The third-order valence-corrected chi connectivity index (χ3v) is 13.2. The first kappa shape index (κ1) is 25.7. The minimum absolute atomic E-state index is 0.0492. The molecule has 0 aromatic heterocycles. The lowest BCUT2D eigenvalue weighted by atomic mass is 9.33. The van der Waals surface area contributed by atoms with Gasteiger partial charge in [0.2, 0.25) is 0 Å². The summed E-state index contributed by atoms with van der Waals surface area (Å²) in [5.41, 5.74) is -0.684. The molecule has 4 N–H and O–H groups in total. The average molecular weight is 489 g/mol. The number of allylic oxidation sites excluding steroid dienone is 1. The van der Waals surface area contributed by atoms with Gasteiger partial charge in [-0.1, -0.05) is 60.1 Å². The number of carboxylic acid groups (broad SMARTS) is 1. The molecule has 0 aromatic rings. The van der Waals surface area contributed by atoms with Crippen LogP contribution in [-0.2, 0) is 4.79 Å². The number of hydrogen-bond acceptors (Lipinski definition) is 4. The van der Waals surface area contributed by atoms with E-state index in [1.54, 1.807) is 0 Å². The fourth-order valence-corrected chi connectivity index (χ4v) is 10.7. The van der Waals surface area contributed by atoms with Crippen LogP contribution in [0.2, 0.25) is 0 Å². The van der Waals surface area contributed by atoms with E-state index in [9.17, 15) is 25.2 Å². The summed E-state index contributed by atoms with van der Waals surface area (Å²) < 4.78 is 0. The minimum atomic E-state index is -0.877. The van der Waals surface area contributed by atoms with Crippen molar-refractivity contribution in [1.29, 1.82) is 0 Å². The lowest BCUT2D eigenvalue weighted by Crippen LogP contribution is -2.68. The molecule has 198 valence electrons. The van der Waals surface area contributed by atoms with E-state index >= 15 is 0 Å². The van der Waals surface area contributed by atoms with Gasteiger partial charge in [-0.3, -0.25) is 4.79 Å². The summed E-state index contributed by atoms with van der Waals surface area (Å²) in [6.07, 6.45) is 6.54. The van der Waals surface area contributed by atoms with Gasteiger partial charge in [0.05, 0.1) is 23.7 Å². The second-order valence-corrected chi connectivity index (χ2v) is 15.2. The molecule has 1 unspecified atom stereocenters.